The zero-order chi connectivity index (χ0) is 17.1. The minimum atomic E-state index is -0.297. The van der Waals surface area contributed by atoms with E-state index >= 15 is 0 Å². The molecule has 9 nitrogen and oxygen atoms in total. The number of fused-ring (bicyclic) bond motifs is 1. The fraction of sp³-hybridized carbons (Fsp3) is 0.267. The molecule has 0 atom stereocenters. The van der Waals surface area contributed by atoms with Gasteiger partial charge in [-0.25, -0.2) is 9.97 Å². The van der Waals surface area contributed by atoms with Crippen molar-refractivity contribution >= 4 is 16.9 Å². The second kappa shape index (κ2) is 6.49. The standard InChI is InChI=1S/C15H16N6O3/c1-20-14-11(7-19-20)15(23)21(9-18-14)8-12(22)16-5-10-3-4-13(24-2)17-6-10/h3-4,6-7,9H,5,8H2,1-2H3,(H,16,22). The predicted molar refractivity (Wildman–Crippen MR) is 85.4 cm³/mol. The van der Waals surface area contributed by atoms with E-state index in [2.05, 4.69) is 20.4 Å². The van der Waals surface area contributed by atoms with E-state index in [9.17, 15) is 9.59 Å². The molecule has 0 unspecified atom stereocenters. The number of ether oxygens (including phenoxy) is 1. The van der Waals surface area contributed by atoms with Crippen LogP contribution < -0.4 is 15.6 Å². The summed E-state index contributed by atoms with van der Waals surface area (Å²) in [5, 5.41) is 7.11. The molecule has 0 saturated heterocycles. The first-order valence-corrected chi connectivity index (χ1v) is 7.21. The van der Waals surface area contributed by atoms with Crippen molar-refractivity contribution in [3.05, 3.63) is 46.8 Å². The summed E-state index contributed by atoms with van der Waals surface area (Å²) in [7, 11) is 3.24. The quantitative estimate of drug-likeness (QED) is 0.698. The van der Waals surface area contributed by atoms with E-state index in [-0.39, 0.29) is 18.0 Å². The van der Waals surface area contributed by atoms with Crippen LogP contribution in [0.1, 0.15) is 5.56 Å². The van der Waals surface area contributed by atoms with Gasteiger partial charge in [0.15, 0.2) is 5.65 Å². The Morgan fingerprint density at radius 3 is 2.83 bits per heavy atom. The highest BCUT2D eigenvalue weighted by molar-refractivity contribution is 5.77. The number of aromatic nitrogens is 5. The maximum absolute atomic E-state index is 12.3. The third kappa shape index (κ3) is 3.09. The lowest BCUT2D eigenvalue weighted by Crippen LogP contribution is -2.32. The molecule has 3 heterocycles. The van der Waals surface area contributed by atoms with Crippen LogP contribution in [0.15, 0.2) is 35.6 Å². The number of aryl methyl sites for hydroxylation is 1. The van der Waals surface area contributed by atoms with Crippen molar-refractivity contribution in [2.24, 2.45) is 7.05 Å². The number of methoxy groups -OCH3 is 1. The molecular formula is C15H16N6O3. The van der Waals surface area contributed by atoms with Gasteiger partial charge in [-0.3, -0.25) is 18.8 Å². The Morgan fingerprint density at radius 2 is 2.12 bits per heavy atom. The van der Waals surface area contributed by atoms with Gasteiger partial charge in [0.2, 0.25) is 11.8 Å². The summed E-state index contributed by atoms with van der Waals surface area (Å²) in [4.78, 5) is 32.5. The molecule has 0 aliphatic rings. The van der Waals surface area contributed by atoms with Gasteiger partial charge in [0.25, 0.3) is 5.56 Å². The third-order valence-electron chi connectivity index (χ3n) is 3.53. The SMILES string of the molecule is COc1ccc(CNC(=O)Cn2cnc3c(cnn3C)c2=O)cn1. The molecule has 9 heteroatoms. The monoisotopic (exact) mass is 328 g/mol. The average Bonchev–Trinajstić information content (AvgIpc) is 2.98. The molecule has 0 radical (unpaired) electrons. The van der Waals surface area contributed by atoms with Gasteiger partial charge in [-0.05, 0) is 5.56 Å². The summed E-state index contributed by atoms with van der Waals surface area (Å²) in [5.41, 5.74) is 1.02. The molecular weight excluding hydrogens is 312 g/mol. The van der Waals surface area contributed by atoms with E-state index in [1.54, 1.807) is 19.3 Å². The Labute approximate surface area is 136 Å². The zero-order valence-corrected chi connectivity index (χ0v) is 13.3. The van der Waals surface area contributed by atoms with Crippen LogP contribution in [0, 0.1) is 0 Å². The molecule has 0 bridgehead atoms. The number of rotatable bonds is 5. The van der Waals surface area contributed by atoms with E-state index in [4.69, 9.17) is 4.74 Å². The van der Waals surface area contributed by atoms with Crippen molar-refractivity contribution < 1.29 is 9.53 Å². The first-order chi connectivity index (χ1) is 11.6. The number of nitrogens with zero attached hydrogens (tertiary/aromatic N) is 5. The van der Waals surface area contributed by atoms with Crippen molar-refractivity contribution in [3.63, 3.8) is 0 Å². The Hall–Kier alpha value is -3.23. The molecule has 3 rings (SSSR count). The summed E-state index contributed by atoms with van der Waals surface area (Å²) in [5.74, 6) is 0.213. The van der Waals surface area contributed by atoms with Gasteiger partial charge in [0.05, 0.1) is 13.3 Å². The van der Waals surface area contributed by atoms with Gasteiger partial charge in [0, 0.05) is 25.9 Å². The van der Waals surface area contributed by atoms with Crippen LogP contribution in [0.25, 0.3) is 11.0 Å². The molecule has 0 fully saturated rings. The minimum absolute atomic E-state index is 0.111. The first kappa shape index (κ1) is 15.7. The van der Waals surface area contributed by atoms with Crippen LogP contribution >= 0.6 is 0 Å². The highest BCUT2D eigenvalue weighted by Crippen LogP contribution is 2.06. The van der Waals surface area contributed by atoms with Gasteiger partial charge in [-0.1, -0.05) is 6.07 Å². The van der Waals surface area contributed by atoms with Gasteiger partial charge in [0.1, 0.15) is 18.3 Å². The maximum atomic E-state index is 12.3. The van der Waals surface area contributed by atoms with Crippen molar-refractivity contribution in [3.8, 4) is 5.88 Å². The number of nitrogens with one attached hydrogen (secondary N) is 1. The lowest BCUT2D eigenvalue weighted by atomic mass is 10.3. The summed E-state index contributed by atoms with van der Waals surface area (Å²) in [6.45, 7) is 0.202. The molecule has 1 N–H and O–H groups in total. The fourth-order valence-corrected chi connectivity index (χ4v) is 2.23. The van der Waals surface area contributed by atoms with Crippen LogP contribution in [-0.2, 0) is 24.9 Å². The number of hydrogen-bond donors (Lipinski definition) is 1. The van der Waals surface area contributed by atoms with E-state index in [0.29, 0.717) is 23.5 Å². The highest BCUT2D eigenvalue weighted by atomic mass is 16.5. The number of amides is 1. The molecule has 1 amide bonds. The predicted octanol–water partition coefficient (Wildman–Crippen LogP) is -0.150. The number of pyridine rings is 1. The smallest absolute Gasteiger partial charge is 0.264 e. The molecule has 3 aromatic heterocycles. The largest absolute Gasteiger partial charge is 0.481 e. The summed E-state index contributed by atoms with van der Waals surface area (Å²) in [6.07, 6.45) is 4.41. The van der Waals surface area contributed by atoms with E-state index in [1.165, 1.54) is 28.9 Å². The Morgan fingerprint density at radius 1 is 1.29 bits per heavy atom. The number of carbonyl (C=O) groups excluding carboxylic acids is 1. The average molecular weight is 328 g/mol. The zero-order valence-electron chi connectivity index (χ0n) is 13.3. The van der Waals surface area contributed by atoms with Crippen molar-refractivity contribution in [1.29, 1.82) is 0 Å². The molecule has 3 aromatic rings. The van der Waals surface area contributed by atoms with Crippen molar-refractivity contribution in [2.75, 3.05) is 7.11 Å². The van der Waals surface area contributed by atoms with Gasteiger partial charge in [-0.15, -0.1) is 0 Å². The topological polar surface area (TPSA) is 104 Å². The molecule has 124 valence electrons. The Kier molecular flexibility index (Phi) is 4.23. The molecule has 0 aliphatic carbocycles. The molecule has 0 aliphatic heterocycles. The summed E-state index contributed by atoms with van der Waals surface area (Å²) >= 11 is 0. The van der Waals surface area contributed by atoms with Crippen molar-refractivity contribution in [2.45, 2.75) is 13.1 Å². The van der Waals surface area contributed by atoms with Crippen molar-refractivity contribution in [1.82, 2.24) is 29.6 Å². The number of hydrogen-bond acceptors (Lipinski definition) is 6. The molecule has 0 spiro atoms. The summed E-state index contributed by atoms with van der Waals surface area (Å²) in [6, 6.07) is 3.52. The summed E-state index contributed by atoms with van der Waals surface area (Å²) < 4.78 is 7.74. The second-order valence-electron chi connectivity index (χ2n) is 5.17. The molecule has 0 aromatic carbocycles. The normalized spacial score (nSPS) is 10.8. The first-order valence-electron chi connectivity index (χ1n) is 7.21. The lowest BCUT2D eigenvalue weighted by molar-refractivity contribution is -0.121. The molecule has 0 saturated carbocycles. The van der Waals surface area contributed by atoms with E-state index in [0.717, 1.165) is 5.56 Å². The van der Waals surface area contributed by atoms with Crippen LogP contribution in [0.5, 0.6) is 5.88 Å². The van der Waals surface area contributed by atoms with Gasteiger partial charge in [-0.2, -0.15) is 5.10 Å². The fourth-order valence-electron chi connectivity index (χ4n) is 2.23. The van der Waals surface area contributed by atoms with E-state index in [1.807, 2.05) is 6.07 Å². The maximum Gasteiger partial charge on any atom is 0.264 e. The van der Waals surface area contributed by atoms with Crippen LogP contribution in [0.2, 0.25) is 0 Å². The minimum Gasteiger partial charge on any atom is -0.481 e. The second-order valence-corrected chi connectivity index (χ2v) is 5.17. The Balaban J connectivity index is 1.66. The van der Waals surface area contributed by atoms with Crippen LogP contribution in [-0.4, -0.2) is 37.3 Å². The van der Waals surface area contributed by atoms with Crippen LogP contribution in [0.4, 0.5) is 0 Å². The third-order valence-corrected chi connectivity index (χ3v) is 3.53. The highest BCUT2D eigenvalue weighted by Gasteiger charge is 2.10. The van der Waals surface area contributed by atoms with Gasteiger partial charge >= 0.3 is 0 Å². The molecule has 24 heavy (non-hydrogen) atoms. The lowest BCUT2D eigenvalue weighted by Gasteiger charge is -2.07. The number of carbonyl (C=O) groups is 1. The van der Waals surface area contributed by atoms with E-state index < -0.39 is 0 Å². The Bertz CT molecular complexity index is 929. The van der Waals surface area contributed by atoms with Gasteiger partial charge < -0.3 is 10.1 Å². The van der Waals surface area contributed by atoms with Crippen LogP contribution in [0.3, 0.4) is 0 Å².